The zero-order chi connectivity index (χ0) is 25.4. The van der Waals surface area contributed by atoms with Gasteiger partial charge in [-0.25, -0.2) is 0 Å². The van der Waals surface area contributed by atoms with Crippen molar-refractivity contribution in [2.45, 2.75) is 76.9 Å². The number of hydrogen-bond donors (Lipinski definition) is 3. The fourth-order valence-corrected chi connectivity index (χ4v) is 5.09. The summed E-state index contributed by atoms with van der Waals surface area (Å²) < 4.78 is 5.90. The van der Waals surface area contributed by atoms with Gasteiger partial charge in [-0.15, -0.1) is 0 Å². The Morgan fingerprint density at radius 3 is 2.26 bits per heavy atom. The molecule has 1 aromatic heterocycles. The van der Waals surface area contributed by atoms with E-state index in [0.717, 1.165) is 6.42 Å². The van der Waals surface area contributed by atoms with Crippen LogP contribution in [0.4, 0.5) is 0 Å². The molecule has 0 fully saturated rings. The van der Waals surface area contributed by atoms with Crippen LogP contribution in [-0.4, -0.2) is 28.8 Å². The lowest BCUT2D eigenvalue weighted by molar-refractivity contribution is 0.0683. The third kappa shape index (κ3) is 5.21. The number of benzene rings is 2. The first kappa shape index (κ1) is 25.2. The lowest BCUT2D eigenvalue weighted by atomic mass is 9.62. The van der Waals surface area contributed by atoms with Crippen LogP contribution in [0.2, 0.25) is 0 Å². The van der Waals surface area contributed by atoms with E-state index in [9.17, 15) is 15.0 Å². The van der Waals surface area contributed by atoms with Gasteiger partial charge in [0.1, 0.15) is 11.9 Å². The average molecular weight is 476 g/mol. The van der Waals surface area contributed by atoms with E-state index in [0.29, 0.717) is 17.7 Å². The van der Waals surface area contributed by atoms with Gasteiger partial charge in [-0.1, -0.05) is 70.2 Å². The van der Waals surface area contributed by atoms with Crippen molar-refractivity contribution in [3.63, 3.8) is 0 Å². The van der Waals surface area contributed by atoms with Gasteiger partial charge in [0.2, 0.25) is 0 Å². The number of aliphatic hydroxyl groups excluding tert-OH is 2. The van der Waals surface area contributed by atoms with Gasteiger partial charge in [-0.3, -0.25) is 4.79 Å². The summed E-state index contributed by atoms with van der Waals surface area (Å²) in [5.74, 6) is 0.404. The minimum Gasteiger partial charge on any atom is -0.456 e. The zero-order valence-corrected chi connectivity index (χ0v) is 21.4. The Balaban J connectivity index is 1.51. The highest BCUT2D eigenvalue weighted by atomic mass is 16.4. The number of furan rings is 1. The molecular formula is C30H37NO4. The summed E-state index contributed by atoms with van der Waals surface area (Å²) in [6.45, 7) is 11.0. The molecule has 35 heavy (non-hydrogen) atoms. The number of fused-ring (bicyclic) bond motifs is 1. The van der Waals surface area contributed by atoms with E-state index in [4.69, 9.17) is 4.42 Å². The van der Waals surface area contributed by atoms with E-state index >= 15 is 0 Å². The van der Waals surface area contributed by atoms with Gasteiger partial charge in [0, 0.05) is 6.42 Å². The molecule has 1 aliphatic rings. The maximum absolute atomic E-state index is 12.8. The maximum Gasteiger partial charge on any atom is 0.287 e. The molecule has 186 valence electrons. The Labute approximate surface area is 208 Å². The molecule has 1 aliphatic carbocycles. The molecule has 0 spiro atoms. The zero-order valence-electron chi connectivity index (χ0n) is 21.4. The number of carbonyl (C=O) groups is 1. The molecule has 0 bridgehead atoms. The third-order valence-corrected chi connectivity index (χ3v) is 7.59. The number of amides is 1. The van der Waals surface area contributed by atoms with E-state index < -0.39 is 24.7 Å². The van der Waals surface area contributed by atoms with Crippen molar-refractivity contribution in [2.24, 2.45) is 0 Å². The van der Waals surface area contributed by atoms with Crippen LogP contribution in [-0.2, 0) is 17.3 Å². The second-order valence-electron chi connectivity index (χ2n) is 11.2. The van der Waals surface area contributed by atoms with E-state index in [1.165, 1.54) is 28.7 Å². The SMILES string of the molecule is Cc1cc2c(cc1Cc1ccc(C(=O)NC(CO)C(O)c3ccccc3)o1)C(C)(C)CCC2(C)C. The summed E-state index contributed by atoms with van der Waals surface area (Å²) >= 11 is 0. The van der Waals surface area contributed by atoms with E-state index in [2.05, 4.69) is 52.1 Å². The molecule has 2 atom stereocenters. The fraction of sp³-hybridized carbons (Fsp3) is 0.433. The first-order chi connectivity index (χ1) is 16.5. The summed E-state index contributed by atoms with van der Waals surface area (Å²) in [4.78, 5) is 12.8. The molecule has 5 heteroatoms. The normalized spacial score (nSPS) is 17.9. The summed E-state index contributed by atoms with van der Waals surface area (Å²) in [6, 6.07) is 16.3. The first-order valence-corrected chi connectivity index (χ1v) is 12.4. The molecule has 2 unspecified atom stereocenters. The second-order valence-corrected chi connectivity index (χ2v) is 11.2. The van der Waals surface area contributed by atoms with Crippen LogP contribution in [0.25, 0.3) is 0 Å². The van der Waals surface area contributed by atoms with Crippen LogP contribution in [0.3, 0.4) is 0 Å². The van der Waals surface area contributed by atoms with E-state index in [-0.39, 0.29) is 16.6 Å². The predicted molar refractivity (Wildman–Crippen MR) is 138 cm³/mol. The molecular weight excluding hydrogens is 438 g/mol. The van der Waals surface area contributed by atoms with Crippen LogP contribution < -0.4 is 5.32 Å². The second kappa shape index (κ2) is 9.63. The molecule has 3 N–H and O–H groups in total. The molecule has 3 aromatic rings. The van der Waals surface area contributed by atoms with Crippen molar-refractivity contribution in [3.8, 4) is 0 Å². The molecule has 0 saturated carbocycles. The molecule has 2 aromatic carbocycles. The predicted octanol–water partition coefficient (Wildman–Crippen LogP) is 5.35. The van der Waals surface area contributed by atoms with Crippen LogP contribution in [0, 0.1) is 6.92 Å². The van der Waals surface area contributed by atoms with Crippen molar-refractivity contribution in [3.05, 3.63) is 93.9 Å². The smallest absolute Gasteiger partial charge is 0.287 e. The van der Waals surface area contributed by atoms with Gasteiger partial charge in [0.15, 0.2) is 5.76 Å². The number of carbonyl (C=O) groups excluding carboxylic acids is 1. The van der Waals surface area contributed by atoms with Crippen molar-refractivity contribution in [1.29, 1.82) is 0 Å². The maximum atomic E-state index is 12.8. The van der Waals surface area contributed by atoms with Crippen molar-refractivity contribution in [1.82, 2.24) is 5.32 Å². The Morgan fingerprint density at radius 2 is 1.63 bits per heavy atom. The van der Waals surface area contributed by atoms with Crippen molar-refractivity contribution in [2.75, 3.05) is 6.61 Å². The summed E-state index contributed by atoms with van der Waals surface area (Å²) in [7, 11) is 0. The van der Waals surface area contributed by atoms with E-state index in [1.54, 1.807) is 30.3 Å². The monoisotopic (exact) mass is 475 g/mol. The number of hydrogen-bond acceptors (Lipinski definition) is 4. The standard InChI is InChI=1S/C30H37NO4/c1-19-15-23-24(30(4,5)14-13-29(23,2)3)17-21(19)16-22-11-12-26(35-22)28(34)31-25(18-32)27(33)20-9-7-6-8-10-20/h6-12,15,17,25,27,32-33H,13-14,16,18H2,1-5H3,(H,31,34). The minimum absolute atomic E-state index is 0.125. The third-order valence-electron chi connectivity index (χ3n) is 7.59. The minimum atomic E-state index is -1.02. The Kier molecular flexibility index (Phi) is 6.94. The van der Waals surface area contributed by atoms with E-state index in [1.807, 2.05) is 12.1 Å². The highest BCUT2D eigenvalue weighted by Crippen LogP contribution is 2.46. The van der Waals surface area contributed by atoms with Crippen LogP contribution in [0.1, 0.15) is 90.8 Å². The average Bonchev–Trinajstić information content (AvgIpc) is 3.30. The van der Waals surface area contributed by atoms with Crippen molar-refractivity contribution >= 4 is 5.91 Å². The molecule has 0 radical (unpaired) electrons. The van der Waals surface area contributed by atoms with Gasteiger partial charge < -0.3 is 19.9 Å². The lowest BCUT2D eigenvalue weighted by Crippen LogP contribution is -2.41. The van der Waals surface area contributed by atoms with Gasteiger partial charge in [-0.05, 0) is 70.5 Å². The summed E-state index contributed by atoms with van der Waals surface area (Å²) in [5, 5.41) is 23.0. The number of rotatable bonds is 7. The molecule has 1 heterocycles. The molecule has 0 aliphatic heterocycles. The fourth-order valence-electron chi connectivity index (χ4n) is 5.09. The van der Waals surface area contributed by atoms with Gasteiger partial charge in [0.25, 0.3) is 5.91 Å². The number of aliphatic hydroxyl groups is 2. The first-order valence-electron chi connectivity index (χ1n) is 12.4. The molecule has 1 amide bonds. The number of aryl methyl sites for hydroxylation is 1. The summed E-state index contributed by atoms with van der Waals surface area (Å²) in [5.41, 5.74) is 6.17. The Hall–Kier alpha value is -2.89. The highest BCUT2D eigenvalue weighted by molar-refractivity contribution is 5.91. The molecule has 4 rings (SSSR count). The van der Waals surface area contributed by atoms with Crippen LogP contribution >= 0.6 is 0 Å². The Morgan fingerprint density at radius 1 is 1.00 bits per heavy atom. The number of nitrogens with one attached hydrogen (secondary N) is 1. The largest absolute Gasteiger partial charge is 0.456 e. The van der Waals surface area contributed by atoms with Gasteiger partial charge in [0.05, 0.1) is 12.6 Å². The van der Waals surface area contributed by atoms with Gasteiger partial charge >= 0.3 is 0 Å². The van der Waals surface area contributed by atoms with Gasteiger partial charge in [-0.2, -0.15) is 0 Å². The summed E-state index contributed by atoms with van der Waals surface area (Å²) in [6.07, 6.45) is 1.90. The Bertz CT molecular complexity index is 1190. The molecule has 0 saturated heterocycles. The van der Waals surface area contributed by atoms with Crippen LogP contribution in [0.15, 0.2) is 59.0 Å². The lowest BCUT2D eigenvalue weighted by Gasteiger charge is -2.42. The van der Waals surface area contributed by atoms with Crippen molar-refractivity contribution < 1.29 is 19.4 Å². The van der Waals surface area contributed by atoms with Crippen LogP contribution in [0.5, 0.6) is 0 Å². The molecule has 5 nitrogen and oxygen atoms in total. The highest BCUT2D eigenvalue weighted by Gasteiger charge is 2.37. The quantitative estimate of drug-likeness (QED) is 0.430. The topological polar surface area (TPSA) is 82.7 Å².